The van der Waals surface area contributed by atoms with E-state index in [1.54, 1.807) is 0 Å². The lowest BCUT2D eigenvalue weighted by molar-refractivity contribution is 1.22. The van der Waals surface area contributed by atoms with Crippen LogP contribution in [0.25, 0.3) is 0 Å². The molecule has 0 fully saturated rings. The zero-order valence-electron chi connectivity index (χ0n) is 5.20. The second-order valence-corrected chi connectivity index (χ2v) is 10.9. The van der Waals surface area contributed by atoms with Gasteiger partial charge in [-0.1, -0.05) is 19.1 Å². The summed E-state index contributed by atoms with van der Waals surface area (Å²) in [6, 6.07) is -1.73. The number of halogens is 3. The minimum atomic E-state index is -2.36. The van der Waals surface area contributed by atoms with Crippen molar-refractivity contribution in [2.24, 2.45) is 0 Å². The van der Waals surface area contributed by atoms with Crippen LogP contribution in [0, 0.1) is 0 Å². The summed E-state index contributed by atoms with van der Waals surface area (Å²) < 4.78 is 0. The number of hydrogen-bond donors (Lipinski definition) is 0. The lowest BCUT2D eigenvalue weighted by Gasteiger charge is -2.00. The van der Waals surface area contributed by atoms with Gasteiger partial charge in [0.05, 0.1) is 0 Å². The average molecular weight is 204 g/mol. The maximum Gasteiger partial charge on any atom is 0.344 e. The Morgan fingerprint density at radius 3 is 2.11 bits per heavy atom. The molecule has 0 rings (SSSR count). The molecule has 0 amide bonds. The molecule has 0 unspecified atom stereocenters. The van der Waals surface area contributed by atoms with Crippen LogP contribution in [0.4, 0.5) is 0 Å². The standard InChI is InChI=1S/C5H9Cl3Si/c1-2-3-4-5-9(6,7)8/h3-4H,2,5H2,1H3. The van der Waals surface area contributed by atoms with Crippen LogP contribution in [-0.2, 0) is 0 Å². The van der Waals surface area contributed by atoms with Crippen molar-refractivity contribution >= 4 is 39.2 Å². The lowest BCUT2D eigenvalue weighted by Crippen LogP contribution is -2.05. The van der Waals surface area contributed by atoms with Crippen molar-refractivity contribution in [1.82, 2.24) is 0 Å². The lowest BCUT2D eigenvalue weighted by atomic mass is 10.4. The highest BCUT2D eigenvalue weighted by atomic mass is 35.8. The zero-order chi connectivity index (χ0) is 7.33. The molecule has 0 saturated heterocycles. The summed E-state index contributed by atoms with van der Waals surface area (Å²) >= 11 is 16.8. The smallest absolute Gasteiger partial charge is 0.126 e. The minimum absolute atomic E-state index is 0.630. The fourth-order valence-electron chi connectivity index (χ4n) is 0.384. The quantitative estimate of drug-likeness (QED) is 0.373. The first-order valence-electron chi connectivity index (χ1n) is 2.78. The highest BCUT2D eigenvalue weighted by Gasteiger charge is 2.21. The van der Waals surface area contributed by atoms with E-state index >= 15 is 0 Å². The molecule has 0 atom stereocenters. The third-order valence-corrected chi connectivity index (χ3v) is 2.84. The van der Waals surface area contributed by atoms with Crippen molar-refractivity contribution in [3.8, 4) is 0 Å². The van der Waals surface area contributed by atoms with Crippen molar-refractivity contribution < 1.29 is 0 Å². The van der Waals surface area contributed by atoms with E-state index in [0.717, 1.165) is 6.42 Å². The maximum absolute atomic E-state index is 5.59. The van der Waals surface area contributed by atoms with Gasteiger partial charge >= 0.3 is 6.00 Å². The van der Waals surface area contributed by atoms with Crippen molar-refractivity contribution in [3.05, 3.63) is 12.2 Å². The first kappa shape index (κ1) is 9.83. The van der Waals surface area contributed by atoms with Gasteiger partial charge in [-0.05, 0) is 6.42 Å². The molecule has 0 aliphatic carbocycles. The van der Waals surface area contributed by atoms with Crippen LogP contribution in [0.3, 0.4) is 0 Å². The Morgan fingerprint density at radius 1 is 1.22 bits per heavy atom. The molecule has 0 aromatic rings. The van der Waals surface area contributed by atoms with Crippen LogP contribution in [0.5, 0.6) is 0 Å². The van der Waals surface area contributed by atoms with Gasteiger partial charge in [-0.25, -0.2) is 0 Å². The molecule has 0 aromatic heterocycles. The normalized spacial score (nSPS) is 12.9. The number of allylic oxidation sites excluding steroid dienone is 2. The van der Waals surface area contributed by atoms with Gasteiger partial charge < -0.3 is 0 Å². The van der Waals surface area contributed by atoms with E-state index in [0.29, 0.717) is 6.04 Å². The first-order chi connectivity index (χ1) is 4.06. The third-order valence-electron chi connectivity index (χ3n) is 0.752. The van der Waals surface area contributed by atoms with E-state index in [1.165, 1.54) is 0 Å². The zero-order valence-corrected chi connectivity index (χ0v) is 8.47. The van der Waals surface area contributed by atoms with Gasteiger partial charge in [0.15, 0.2) is 0 Å². The number of hydrogen-bond acceptors (Lipinski definition) is 0. The van der Waals surface area contributed by atoms with Crippen LogP contribution in [0.15, 0.2) is 12.2 Å². The van der Waals surface area contributed by atoms with E-state index in [-0.39, 0.29) is 0 Å². The maximum atomic E-state index is 5.59. The fraction of sp³-hybridized carbons (Fsp3) is 0.600. The highest BCUT2D eigenvalue weighted by molar-refractivity contribution is 7.64. The highest BCUT2D eigenvalue weighted by Crippen LogP contribution is 2.24. The van der Waals surface area contributed by atoms with Crippen molar-refractivity contribution in [1.29, 1.82) is 0 Å². The molecule has 0 spiro atoms. The van der Waals surface area contributed by atoms with Gasteiger partial charge in [-0.3, -0.25) is 0 Å². The van der Waals surface area contributed by atoms with E-state index in [9.17, 15) is 0 Å². The molecule has 0 N–H and O–H groups in total. The van der Waals surface area contributed by atoms with Gasteiger partial charge in [0.1, 0.15) is 0 Å². The van der Waals surface area contributed by atoms with Gasteiger partial charge in [0, 0.05) is 6.04 Å². The fourth-order valence-corrected chi connectivity index (χ4v) is 1.62. The Balaban J connectivity index is 3.38. The molecule has 0 radical (unpaired) electrons. The van der Waals surface area contributed by atoms with Gasteiger partial charge in [-0.2, -0.15) is 0 Å². The Hall–Kier alpha value is 0.827. The second kappa shape index (κ2) is 4.61. The Bertz CT molecular complexity index is 94.9. The molecule has 0 bridgehead atoms. The Kier molecular flexibility index (Phi) is 5.04. The predicted molar refractivity (Wildman–Crippen MR) is 47.6 cm³/mol. The van der Waals surface area contributed by atoms with Gasteiger partial charge in [-0.15, -0.1) is 33.2 Å². The largest absolute Gasteiger partial charge is 0.344 e. The summed E-state index contributed by atoms with van der Waals surface area (Å²) in [5.41, 5.74) is 0. The van der Waals surface area contributed by atoms with Crippen molar-refractivity contribution in [2.45, 2.75) is 19.4 Å². The molecular weight excluding hydrogens is 194 g/mol. The van der Waals surface area contributed by atoms with Crippen LogP contribution >= 0.6 is 33.2 Å². The van der Waals surface area contributed by atoms with Crippen LogP contribution in [0.1, 0.15) is 13.3 Å². The van der Waals surface area contributed by atoms with Crippen LogP contribution in [-0.4, -0.2) is 6.00 Å². The van der Waals surface area contributed by atoms with E-state index in [1.807, 2.05) is 12.2 Å². The Labute approximate surface area is 70.9 Å². The molecular formula is C5H9Cl3Si. The predicted octanol–water partition coefficient (Wildman–Crippen LogP) is 3.61. The summed E-state index contributed by atoms with van der Waals surface area (Å²) in [7, 11) is 0. The summed E-state index contributed by atoms with van der Waals surface area (Å²) in [5, 5.41) is 0. The molecule has 54 valence electrons. The monoisotopic (exact) mass is 202 g/mol. The molecule has 0 nitrogen and oxygen atoms in total. The summed E-state index contributed by atoms with van der Waals surface area (Å²) in [4.78, 5) is 0. The first-order valence-corrected chi connectivity index (χ1v) is 8.02. The molecule has 0 aromatic carbocycles. The molecule has 9 heavy (non-hydrogen) atoms. The van der Waals surface area contributed by atoms with E-state index < -0.39 is 6.00 Å². The van der Waals surface area contributed by atoms with E-state index in [4.69, 9.17) is 33.2 Å². The molecule has 0 heterocycles. The van der Waals surface area contributed by atoms with Gasteiger partial charge in [0.25, 0.3) is 0 Å². The van der Waals surface area contributed by atoms with Crippen molar-refractivity contribution in [2.75, 3.05) is 0 Å². The topological polar surface area (TPSA) is 0 Å². The summed E-state index contributed by atoms with van der Waals surface area (Å²) in [5.74, 6) is 0. The summed E-state index contributed by atoms with van der Waals surface area (Å²) in [6.07, 6.45) is 4.95. The summed E-state index contributed by atoms with van der Waals surface area (Å²) in [6.45, 7) is 2.05. The van der Waals surface area contributed by atoms with Crippen molar-refractivity contribution in [3.63, 3.8) is 0 Å². The van der Waals surface area contributed by atoms with E-state index in [2.05, 4.69) is 6.92 Å². The molecule has 4 heteroatoms. The van der Waals surface area contributed by atoms with Crippen LogP contribution < -0.4 is 0 Å². The Morgan fingerprint density at radius 2 is 1.78 bits per heavy atom. The van der Waals surface area contributed by atoms with Gasteiger partial charge in [0.2, 0.25) is 0 Å². The van der Waals surface area contributed by atoms with Crippen LogP contribution in [0.2, 0.25) is 6.04 Å². The average Bonchev–Trinajstić information content (AvgIpc) is 1.63. The molecule has 0 aliphatic rings. The third kappa shape index (κ3) is 8.83. The SMILES string of the molecule is CCC=CC[Si](Cl)(Cl)Cl. The molecule has 0 aliphatic heterocycles. The number of rotatable bonds is 3. The minimum Gasteiger partial charge on any atom is -0.126 e. The second-order valence-electron chi connectivity index (χ2n) is 1.70. The molecule has 0 saturated carbocycles.